The molecule has 2 heterocycles. The number of nitrogens with two attached hydrogens (primary N) is 1. The summed E-state index contributed by atoms with van der Waals surface area (Å²) in [7, 11) is -3.88. The van der Waals surface area contributed by atoms with Crippen molar-refractivity contribution >= 4 is 43.5 Å². The second-order valence-corrected chi connectivity index (χ2v) is 7.09. The van der Waals surface area contributed by atoms with Crippen molar-refractivity contribution in [3.8, 4) is 0 Å². The van der Waals surface area contributed by atoms with E-state index < -0.39 is 15.8 Å². The van der Waals surface area contributed by atoms with Crippen molar-refractivity contribution in [2.45, 2.75) is 4.34 Å². The van der Waals surface area contributed by atoms with E-state index in [2.05, 4.69) is 14.5 Å². The molecule has 0 bridgehead atoms. The summed E-state index contributed by atoms with van der Waals surface area (Å²) >= 11 is 1.87. The topological polar surface area (TPSA) is 103 Å². The SMILES string of the molecule is NS(=O)(=O)c1nn2c(=Nc3cccc(F)c3)snc2s1. The molecule has 0 unspecified atom stereocenters. The average molecular weight is 331 g/mol. The lowest BCUT2D eigenvalue weighted by Gasteiger charge is -1.91. The minimum absolute atomic E-state index is 0.247. The van der Waals surface area contributed by atoms with Crippen LogP contribution in [0.4, 0.5) is 10.1 Å². The van der Waals surface area contributed by atoms with Gasteiger partial charge in [-0.05, 0) is 18.2 Å². The molecule has 20 heavy (non-hydrogen) atoms. The highest BCUT2D eigenvalue weighted by Crippen LogP contribution is 2.17. The van der Waals surface area contributed by atoms with Gasteiger partial charge in [-0.1, -0.05) is 17.4 Å². The van der Waals surface area contributed by atoms with E-state index in [4.69, 9.17) is 5.14 Å². The molecule has 0 radical (unpaired) electrons. The minimum atomic E-state index is -3.88. The summed E-state index contributed by atoms with van der Waals surface area (Å²) in [6, 6.07) is 5.69. The van der Waals surface area contributed by atoms with Gasteiger partial charge in [0.25, 0.3) is 10.0 Å². The number of sulfonamides is 1. The van der Waals surface area contributed by atoms with Crippen LogP contribution in [0.3, 0.4) is 0 Å². The molecule has 0 aliphatic carbocycles. The van der Waals surface area contributed by atoms with Crippen LogP contribution >= 0.6 is 22.9 Å². The number of hydrogen-bond donors (Lipinski definition) is 1. The highest BCUT2D eigenvalue weighted by molar-refractivity contribution is 7.91. The van der Waals surface area contributed by atoms with Gasteiger partial charge in [0, 0.05) is 11.5 Å². The number of rotatable bonds is 2. The Morgan fingerprint density at radius 3 is 2.90 bits per heavy atom. The summed E-state index contributed by atoms with van der Waals surface area (Å²) in [5.41, 5.74) is 0.383. The van der Waals surface area contributed by atoms with E-state index >= 15 is 0 Å². The first kappa shape index (κ1) is 13.3. The fraction of sp³-hybridized carbons (Fsp3) is 0. The summed E-state index contributed by atoms with van der Waals surface area (Å²) in [6.45, 7) is 0. The lowest BCUT2D eigenvalue weighted by atomic mass is 10.3. The maximum absolute atomic E-state index is 13.1. The predicted molar refractivity (Wildman–Crippen MR) is 71.7 cm³/mol. The Morgan fingerprint density at radius 2 is 2.20 bits per heavy atom. The van der Waals surface area contributed by atoms with Gasteiger partial charge in [0.05, 0.1) is 5.69 Å². The minimum Gasteiger partial charge on any atom is -0.223 e. The van der Waals surface area contributed by atoms with E-state index in [9.17, 15) is 12.8 Å². The molecule has 7 nitrogen and oxygen atoms in total. The molecular formula is C9H6FN5O2S3. The molecule has 0 amide bonds. The summed E-state index contributed by atoms with van der Waals surface area (Å²) in [5, 5.41) is 8.85. The molecule has 104 valence electrons. The first-order valence-electron chi connectivity index (χ1n) is 5.12. The zero-order valence-electron chi connectivity index (χ0n) is 9.59. The fourth-order valence-corrected chi connectivity index (χ4v) is 3.69. The number of nitrogens with zero attached hydrogens (tertiary/aromatic N) is 4. The zero-order chi connectivity index (χ0) is 14.3. The average Bonchev–Trinajstić information content (AvgIpc) is 2.91. The van der Waals surface area contributed by atoms with Crippen molar-refractivity contribution in [3.05, 3.63) is 34.9 Å². The number of aromatic nitrogens is 3. The second kappa shape index (κ2) is 4.70. The Hall–Kier alpha value is -1.69. The lowest BCUT2D eigenvalue weighted by Crippen LogP contribution is -2.14. The van der Waals surface area contributed by atoms with Crippen LogP contribution in [0.5, 0.6) is 0 Å². The normalized spacial score (nSPS) is 13.2. The number of halogens is 1. The standard InChI is InChI=1S/C9H6FN5O2S3/c10-5-2-1-3-6(4-5)12-7-15-8(14-19-7)18-9(13-15)20(11,16)17/h1-4H,(H2,11,16,17). The van der Waals surface area contributed by atoms with Gasteiger partial charge in [-0.25, -0.2) is 22.9 Å². The molecule has 0 aliphatic rings. The Bertz CT molecular complexity index is 955. The molecule has 2 N–H and O–H groups in total. The molecule has 0 aliphatic heterocycles. The number of hydrogen-bond acceptors (Lipinski definition) is 7. The molecule has 0 atom stereocenters. The van der Waals surface area contributed by atoms with Crippen molar-refractivity contribution in [1.29, 1.82) is 0 Å². The summed E-state index contributed by atoms with van der Waals surface area (Å²) in [6.07, 6.45) is 0. The molecule has 0 fully saturated rings. The Balaban J connectivity index is 2.20. The van der Waals surface area contributed by atoms with Crippen molar-refractivity contribution < 1.29 is 12.8 Å². The van der Waals surface area contributed by atoms with Crippen LogP contribution in [0.1, 0.15) is 0 Å². The van der Waals surface area contributed by atoms with Gasteiger partial charge in [0.2, 0.25) is 14.1 Å². The number of fused-ring (bicyclic) bond motifs is 1. The predicted octanol–water partition coefficient (Wildman–Crippen LogP) is 0.871. The van der Waals surface area contributed by atoms with Crippen LogP contribution < -0.4 is 9.94 Å². The summed E-state index contributed by atoms with van der Waals surface area (Å²) in [5.74, 6) is -0.416. The molecule has 3 aromatic rings. The van der Waals surface area contributed by atoms with Gasteiger partial charge in [0.1, 0.15) is 5.82 Å². The third kappa shape index (κ3) is 2.47. The molecule has 2 aromatic heterocycles. The van der Waals surface area contributed by atoms with E-state index in [0.29, 0.717) is 15.4 Å². The zero-order valence-corrected chi connectivity index (χ0v) is 12.0. The largest absolute Gasteiger partial charge is 0.267 e. The third-order valence-electron chi connectivity index (χ3n) is 2.20. The van der Waals surface area contributed by atoms with Gasteiger partial charge >= 0.3 is 0 Å². The first-order valence-corrected chi connectivity index (χ1v) is 8.26. The smallest absolute Gasteiger partial charge is 0.223 e. The van der Waals surface area contributed by atoms with Crippen LogP contribution in [0.2, 0.25) is 0 Å². The monoisotopic (exact) mass is 331 g/mol. The van der Waals surface area contributed by atoms with E-state index in [1.807, 2.05) is 0 Å². The van der Waals surface area contributed by atoms with Crippen LogP contribution in [0.15, 0.2) is 33.6 Å². The lowest BCUT2D eigenvalue weighted by molar-refractivity contribution is 0.594. The van der Waals surface area contributed by atoms with Crippen LogP contribution in [0.25, 0.3) is 4.96 Å². The van der Waals surface area contributed by atoms with Crippen molar-refractivity contribution in [1.82, 2.24) is 14.0 Å². The number of benzene rings is 1. The van der Waals surface area contributed by atoms with Gasteiger partial charge in [-0.2, -0.15) is 8.89 Å². The third-order valence-corrected chi connectivity index (χ3v) is 5.23. The molecule has 1 aromatic carbocycles. The van der Waals surface area contributed by atoms with E-state index in [1.54, 1.807) is 6.07 Å². The maximum Gasteiger partial charge on any atom is 0.267 e. The Kier molecular flexibility index (Phi) is 3.12. The van der Waals surface area contributed by atoms with Gasteiger partial charge < -0.3 is 0 Å². The highest BCUT2D eigenvalue weighted by atomic mass is 32.2. The molecule has 0 saturated carbocycles. The van der Waals surface area contributed by atoms with E-state index in [0.717, 1.165) is 22.9 Å². The highest BCUT2D eigenvalue weighted by Gasteiger charge is 2.16. The van der Waals surface area contributed by atoms with Crippen LogP contribution in [-0.2, 0) is 10.0 Å². The summed E-state index contributed by atoms with van der Waals surface area (Å²) < 4.78 is 40.6. The van der Waals surface area contributed by atoms with Crippen molar-refractivity contribution in [2.75, 3.05) is 0 Å². The van der Waals surface area contributed by atoms with Crippen LogP contribution in [-0.4, -0.2) is 22.4 Å². The fourth-order valence-electron chi connectivity index (χ4n) is 1.41. The summed E-state index contributed by atoms with van der Waals surface area (Å²) in [4.78, 5) is 4.86. The molecule has 0 spiro atoms. The van der Waals surface area contributed by atoms with Gasteiger partial charge in [-0.3, -0.25) is 0 Å². The Morgan fingerprint density at radius 1 is 1.40 bits per heavy atom. The quantitative estimate of drug-likeness (QED) is 0.752. The van der Waals surface area contributed by atoms with E-state index in [1.165, 1.54) is 22.7 Å². The first-order chi connectivity index (χ1) is 9.43. The van der Waals surface area contributed by atoms with Gasteiger partial charge in [-0.15, -0.1) is 5.10 Å². The van der Waals surface area contributed by atoms with Crippen molar-refractivity contribution in [3.63, 3.8) is 0 Å². The molecule has 3 rings (SSSR count). The maximum atomic E-state index is 13.1. The molecule has 0 saturated heterocycles. The number of primary sulfonamides is 1. The van der Waals surface area contributed by atoms with Crippen molar-refractivity contribution in [2.24, 2.45) is 10.1 Å². The molecular weight excluding hydrogens is 325 g/mol. The van der Waals surface area contributed by atoms with Crippen LogP contribution in [0, 0.1) is 5.82 Å². The van der Waals surface area contributed by atoms with E-state index in [-0.39, 0.29) is 4.34 Å². The van der Waals surface area contributed by atoms with Gasteiger partial charge in [0.15, 0.2) is 0 Å². The Labute approximate surface area is 120 Å². The second-order valence-electron chi connectivity index (χ2n) is 3.66. The molecule has 11 heteroatoms.